The quantitative estimate of drug-likeness (QED) is 0.824. The lowest BCUT2D eigenvalue weighted by Gasteiger charge is -2.32. The molecule has 0 aromatic carbocycles. The third kappa shape index (κ3) is 2.47. The maximum absolute atomic E-state index is 11.4. The molecule has 1 spiro atoms. The third-order valence-electron chi connectivity index (χ3n) is 6.15. The first-order chi connectivity index (χ1) is 10.7. The summed E-state index contributed by atoms with van der Waals surface area (Å²) in [6.07, 6.45) is 12.4. The molecular formula is C18H25NO3. The van der Waals surface area contributed by atoms with Crippen LogP contribution in [-0.2, 0) is 4.74 Å². The van der Waals surface area contributed by atoms with Crippen molar-refractivity contribution in [3.05, 3.63) is 23.3 Å². The molecule has 1 aliphatic heterocycles. The zero-order valence-corrected chi connectivity index (χ0v) is 13.0. The van der Waals surface area contributed by atoms with Crippen LogP contribution in [0.5, 0.6) is 0 Å². The van der Waals surface area contributed by atoms with Crippen LogP contribution in [0.3, 0.4) is 0 Å². The number of alkyl carbamates (subject to hydrolysis) is 1. The number of carbonyl (C=O) groups is 1. The molecule has 1 unspecified atom stereocenters. The van der Waals surface area contributed by atoms with Crippen LogP contribution in [0.4, 0.5) is 4.79 Å². The normalized spacial score (nSPS) is 40.8. The number of cyclic esters (lactones) is 1. The Hall–Kier alpha value is -1.29. The zero-order valence-electron chi connectivity index (χ0n) is 13.0. The molecule has 0 radical (unpaired) electrons. The first kappa shape index (κ1) is 14.3. The third-order valence-corrected chi connectivity index (χ3v) is 6.15. The molecule has 3 aliphatic carbocycles. The van der Waals surface area contributed by atoms with E-state index in [9.17, 15) is 9.90 Å². The van der Waals surface area contributed by atoms with Crippen molar-refractivity contribution in [1.29, 1.82) is 0 Å². The first-order valence-corrected chi connectivity index (χ1v) is 8.63. The number of hydrogen-bond acceptors (Lipinski definition) is 3. The lowest BCUT2D eigenvalue weighted by molar-refractivity contribution is 0.171. The van der Waals surface area contributed by atoms with Gasteiger partial charge in [0.15, 0.2) is 0 Å². The van der Waals surface area contributed by atoms with E-state index in [-0.39, 0.29) is 11.6 Å². The molecule has 3 fully saturated rings. The Labute approximate surface area is 131 Å². The van der Waals surface area contributed by atoms with Gasteiger partial charge in [0.25, 0.3) is 0 Å². The summed E-state index contributed by atoms with van der Waals surface area (Å²) in [7, 11) is 0. The van der Waals surface area contributed by atoms with Crippen molar-refractivity contribution in [2.75, 3.05) is 13.2 Å². The molecule has 22 heavy (non-hydrogen) atoms. The highest BCUT2D eigenvalue weighted by Crippen LogP contribution is 2.46. The van der Waals surface area contributed by atoms with E-state index < -0.39 is 0 Å². The van der Waals surface area contributed by atoms with Gasteiger partial charge in [-0.15, -0.1) is 0 Å². The Bertz CT molecular complexity index is 538. The molecule has 2 N–H and O–H groups in total. The van der Waals surface area contributed by atoms with Crippen LogP contribution in [0.2, 0.25) is 0 Å². The van der Waals surface area contributed by atoms with Gasteiger partial charge in [-0.05, 0) is 73.8 Å². The summed E-state index contributed by atoms with van der Waals surface area (Å²) in [5.74, 6) is 1.73. The van der Waals surface area contributed by atoms with E-state index in [0.29, 0.717) is 31.0 Å². The monoisotopic (exact) mass is 303 g/mol. The second kappa shape index (κ2) is 5.41. The van der Waals surface area contributed by atoms with Gasteiger partial charge in [0.05, 0.1) is 5.54 Å². The topological polar surface area (TPSA) is 58.6 Å². The van der Waals surface area contributed by atoms with E-state index >= 15 is 0 Å². The predicted molar refractivity (Wildman–Crippen MR) is 83.3 cm³/mol. The number of allylic oxidation sites excluding steroid dienone is 4. The second-order valence-corrected chi connectivity index (χ2v) is 7.60. The number of ether oxygens (including phenoxy) is 1. The second-order valence-electron chi connectivity index (χ2n) is 7.60. The maximum atomic E-state index is 11.4. The van der Waals surface area contributed by atoms with Crippen LogP contribution in [0.25, 0.3) is 0 Å². The minimum Gasteiger partial charge on any atom is -0.447 e. The van der Waals surface area contributed by atoms with Gasteiger partial charge in [-0.1, -0.05) is 12.2 Å². The largest absolute Gasteiger partial charge is 0.447 e. The number of aliphatic hydroxyl groups is 1. The van der Waals surface area contributed by atoms with E-state index in [2.05, 4.69) is 17.5 Å². The van der Waals surface area contributed by atoms with E-state index in [1.54, 1.807) is 0 Å². The Morgan fingerprint density at radius 3 is 3.05 bits per heavy atom. The van der Waals surface area contributed by atoms with Crippen molar-refractivity contribution in [3.63, 3.8) is 0 Å². The number of aliphatic hydroxyl groups excluding tert-OH is 1. The molecule has 4 rings (SSSR count). The molecule has 2 saturated carbocycles. The van der Waals surface area contributed by atoms with Gasteiger partial charge < -0.3 is 15.2 Å². The standard InChI is InChI=1S/C18H25NO3/c20-10-12-1-2-14-8-15(4-3-13(14)7-12)16-5-6-18(9-16)11-22-17(21)19-18/h3,8,12,15-16,20H,1-2,4-7,9-11H2,(H,19,21)/t12-,15?,16-,18+/m0/s1. The lowest BCUT2D eigenvalue weighted by Crippen LogP contribution is -2.41. The molecule has 4 heteroatoms. The van der Waals surface area contributed by atoms with Gasteiger partial charge >= 0.3 is 6.09 Å². The summed E-state index contributed by atoms with van der Waals surface area (Å²) in [5.41, 5.74) is 2.92. The summed E-state index contributed by atoms with van der Waals surface area (Å²) in [4.78, 5) is 11.4. The SMILES string of the molecule is O=C1N[C@@]2(CC[C@H](C3C=C4CC[C@H](CO)CC4=CC3)C2)CO1. The molecule has 0 aromatic heterocycles. The first-order valence-electron chi connectivity index (χ1n) is 8.63. The fourth-order valence-electron chi connectivity index (χ4n) is 4.83. The van der Waals surface area contributed by atoms with Crippen LogP contribution in [0.1, 0.15) is 44.9 Å². The van der Waals surface area contributed by atoms with Gasteiger partial charge in [0, 0.05) is 6.61 Å². The van der Waals surface area contributed by atoms with Crippen molar-refractivity contribution >= 4 is 6.09 Å². The Balaban J connectivity index is 1.43. The summed E-state index contributed by atoms with van der Waals surface area (Å²) in [6.45, 7) is 0.865. The predicted octanol–water partition coefficient (Wildman–Crippen LogP) is 2.93. The highest BCUT2D eigenvalue weighted by molar-refractivity contribution is 5.70. The number of fused-ring (bicyclic) bond motifs is 1. The van der Waals surface area contributed by atoms with Gasteiger partial charge in [0.1, 0.15) is 6.61 Å². The summed E-state index contributed by atoms with van der Waals surface area (Å²) in [5, 5.41) is 12.4. The van der Waals surface area contributed by atoms with Crippen LogP contribution >= 0.6 is 0 Å². The number of carbonyl (C=O) groups excluding carboxylic acids is 1. The Morgan fingerprint density at radius 2 is 2.27 bits per heavy atom. The van der Waals surface area contributed by atoms with Gasteiger partial charge in [-0.2, -0.15) is 0 Å². The lowest BCUT2D eigenvalue weighted by atomic mass is 9.74. The molecule has 4 aliphatic rings. The number of rotatable bonds is 2. The van der Waals surface area contributed by atoms with Crippen LogP contribution in [0, 0.1) is 17.8 Å². The number of amides is 1. The molecule has 120 valence electrons. The molecule has 4 nitrogen and oxygen atoms in total. The smallest absolute Gasteiger partial charge is 0.407 e. The Kier molecular flexibility index (Phi) is 3.52. The molecule has 0 bridgehead atoms. The number of hydrogen-bond donors (Lipinski definition) is 2. The van der Waals surface area contributed by atoms with E-state index in [4.69, 9.17) is 4.74 Å². The van der Waals surface area contributed by atoms with Crippen LogP contribution in [-0.4, -0.2) is 30.0 Å². The van der Waals surface area contributed by atoms with E-state index in [1.807, 2.05) is 0 Å². The summed E-state index contributed by atoms with van der Waals surface area (Å²) >= 11 is 0. The van der Waals surface area contributed by atoms with E-state index in [1.165, 1.54) is 17.6 Å². The average Bonchev–Trinajstić information content (AvgIpc) is 3.13. The van der Waals surface area contributed by atoms with Crippen molar-refractivity contribution < 1.29 is 14.6 Å². The maximum Gasteiger partial charge on any atom is 0.407 e. The molecule has 0 aromatic rings. The zero-order chi connectivity index (χ0) is 15.2. The van der Waals surface area contributed by atoms with Crippen LogP contribution < -0.4 is 5.32 Å². The van der Waals surface area contributed by atoms with Crippen LogP contribution in [0.15, 0.2) is 23.3 Å². The summed E-state index contributed by atoms with van der Waals surface area (Å²) in [6, 6.07) is 0. The minimum absolute atomic E-state index is 0.0845. The molecule has 1 heterocycles. The van der Waals surface area contributed by atoms with Gasteiger partial charge in [0.2, 0.25) is 0 Å². The fraction of sp³-hybridized carbons (Fsp3) is 0.722. The Morgan fingerprint density at radius 1 is 1.36 bits per heavy atom. The number of nitrogens with one attached hydrogen (secondary N) is 1. The molecule has 4 atom stereocenters. The molecule has 1 amide bonds. The average molecular weight is 303 g/mol. The van der Waals surface area contributed by atoms with Crippen molar-refractivity contribution in [2.45, 2.75) is 50.5 Å². The highest BCUT2D eigenvalue weighted by Gasteiger charge is 2.47. The molecular weight excluding hydrogens is 278 g/mol. The van der Waals surface area contributed by atoms with Gasteiger partial charge in [-0.3, -0.25) is 0 Å². The highest BCUT2D eigenvalue weighted by atomic mass is 16.6. The van der Waals surface area contributed by atoms with Crippen molar-refractivity contribution in [1.82, 2.24) is 5.32 Å². The molecule has 1 saturated heterocycles. The van der Waals surface area contributed by atoms with E-state index in [0.717, 1.165) is 38.5 Å². The van der Waals surface area contributed by atoms with Gasteiger partial charge in [-0.25, -0.2) is 4.79 Å². The summed E-state index contributed by atoms with van der Waals surface area (Å²) < 4.78 is 5.14. The minimum atomic E-state index is -0.243. The van der Waals surface area contributed by atoms with Crippen molar-refractivity contribution in [3.8, 4) is 0 Å². The van der Waals surface area contributed by atoms with Crippen molar-refractivity contribution in [2.24, 2.45) is 17.8 Å². The fourth-order valence-corrected chi connectivity index (χ4v) is 4.83.